The number of nitrogens with one attached hydrogen (secondary N) is 1. The maximum Gasteiger partial charge on any atom is 0.264 e. The standard InChI is InChI=1S/C27H28Cl3N3O4S/c1-4-23(27(35)31-3)32(16-19-8-5-6-9-21(19)28)25(34)17-33(24-11-7-10-22(29)26(24)30)38(36,37)20-14-12-18(2)13-15-20/h5-15,23H,4,16-17H2,1-3H3,(H,31,35)/t23-/m1/s1. The van der Waals surface area contributed by atoms with Crippen molar-refractivity contribution >= 4 is 62.3 Å². The summed E-state index contributed by atoms with van der Waals surface area (Å²) in [6, 6.07) is 16.9. The molecule has 1 atom stereocenters. The van der Waals surface area contributed by atoms with Crippen molar-refractivity contribution in [3.05, 3.63) is 92.9 Å². The highest BCUT2D eigenvalue weighted by atomic mass is 35.5. The van der Waals surface area contributed by atoms with E-state index in [4.69, 9.17) is 34.8 Å². The largest absolute Gasteiger partial charge is 0.357 e. The molecular formula is C27H28Cl3N3O4S. The number of halogens is 3. The van der Waals surface area contributed by atoms with Gasteiger partial charge in [0.2, 0.25) is 11.8 Å². The van der Waals surface area contributed by atoms with Crippen LogP contribution in [0.4, 0.5) is 5.69 Å². The SMILES string of the molecule is CC[C@H](C(=O)NC)N(Cc1ccccc1Cl)C(=O)CN(c1cccc(Cl)c1Cl)S(=O)(=O)c1ccc(C)cc1. The second-order valence-corrected chi connectivity index (χ2v) is 11.6. The summed E-state index contributed by atoms with van der Waals surface area (Å²) < 4.78 is 28.6. The lowest BCUT2D eigenvalue weighted by Gasteiger charge is -2.33. The lowest BCUT2D eigenvalue weighted by Crippen LogP contribution is -2.51. The third-order valence-corrected chi connectivity index (χ3v) is 8.97. The summed E-state index contributed by atoms with van der Waals surface area (Å²) in [5.41, 5.74) is 1.52. The molecule has 0 aliphatic rings. The van der Waals surface area contributed by atoms with Gasteiger partial charge in [0.15, 0.2) is 0 Å². The molecule has 0 fully saturated rings. The van der Waals surface area contributed by atoms with Gasteiger partial charge in [-0.2, -0.15) is 0 Å². The smallest absolute Gasteiger partial charge is 0.264 e. The zero-order chi connectivity index (χ0) is 28.0. The monoisotopic (exact) mass is 595 g/mol. The quantitative estimate of drug-likeness (QED) is 0.325. The molecule has 0 unspecified atom stereocenters. The predicted octanol–water partition coefficient (Wildman–Crippen LogP) is 5.70. The summed E-state index contributed by atoms with van der Waals surface area (Å²) in [5.74, 6) is -1.01. The fraction of sp³-hybridized carbons (Fsp3) is 0.259. The van der Waals surface area contributed by atoms with Gasteiger partial charge in [-0.1, -0.05) is 83.7 Å². The van der Waals surface area contributed by atoms with Gasteiger partial charge < -0.3 is 10.2 Å². The van der Waals surface area contributed by atoms with E-state index in [1.54, 1.807) is 49.4 Å². The molecule has 0 saturated carbocycles. The number of hydrogen-bond acceptors (Lipinski definition) is 4. The number of hydrogen-bond donors (Lipinski definition) is 1. The van der Waals surface area contributed by atoms with E-state index in [1.165, 1.54) is 36.2 Å². The minimum atomic E-state index is -4.26. The molecular weight excluding hydrogens is 569 g/mol. The van der Waals surface area contributed by atoms with Crippen LogP contribution in [0.5, 0.6) is 0 Å². The van der Waals surface area contributed by atoms with Gasteiger partial charge in [-0.15, -0.1) is 0 Å². The van der Waals surface area contributed by atoms with E-state index in [0.717, 1.165) is 9.87 Å². The fourth-order valence-corrected chi connectivity index (χ4v) is 6.00. The maximum absolute atomic E-state index is 13.9. The summed E-state index contributed by atoms with van der Waals surface area (Å²) in [5, 5.41) is 3.10. The lowest BCUT2D eigenvalue weighted by molar-refractivity contribution is -0.140. The Morgan fingerprint density at radius 1 is 0.921 bits per heavy atom. The summed E-state index contributed by atoms with van der Waals surface area (Å²) in [6.07, 6.45) is 0.290. The molecule has 202 valence electrons. The number of rotatable bonds is 10. The van der Waals surface area contributed by atoms with E-state index in [0.29, 0.717) is 17.0 Å². The second-order valence-electron chi connectivity index (χ2n) is 8.55. The fourth-order valence-electron chi connectivity index (χ4n) is 3.93. The van der Waals surface area contributed by atoms with Gasteiger partial charge in [0, 0.05) is 18.6 Å². The number of benzene rings is 3. The van der Waals surface area contributed by atoms with E-state index in [2.05, 4.69) is 5.32 Å². The van der Waals surface area contributed by atoms with Gasteiger partial charge in [0.05, 0.1) is 20.6 Å². The molecule has 0 radical (unpaired) electrons. The van der Waals surface area contributed by atoms with Crippen LogP contribution >= 0.6 is 34.8 Å². The highest BCUT2D eigenvalue weighted by Crippen LogP contribution is 2.35. The number of carbonyl (C=O) groups excluding carboxylic acids is 2. The van der Waals surface area contributed by atoms with Gasteiger partial charge in [0.25, 0.3) is 10.0 Å². The van der Waals surface area contributed by atoms with Crippen molar-refractivity contribution in [3.63, 3.8) is 0 Å². The number of carbonyl (C=O) groups is 2. The normalized spacial score (nSPS) is 12.1. The molecule has 11 heteroatoms. The first-order valence-electron chi connectivity index (χ1n) is 11.8. The van der Waals surface area contributed by atoms with Crippen molar-refractivity contribution in [2.45, 2.75) is 37.8 Å². The molecule has 3 rings (SSSR count). The lowest BCUT2D eigenvalue weighted by atomic mass is 10.1. The van der Waals surface area contributed by atoms with Crippen LogP contribution in [0.25, 0.3) is 0 Å². The Hall–Kier alpha value is -2.78. The minimum absolute atomic E-state index is 0.00781. The van der Waals surface area contributed by atoms with E-state index < -0.39 is 28.5 Å². The maximum atomic E-state index is 13.9. The third-order valence-electron chi connectivity index (χ3n) is 6.02. The Morgan fingerprint density at radius 3 is 2.16 bits per heavy atom. The first kappa shape index (κ1) is 29.8. The van der Waals surface area contributed by atoms with Crippen LogP contribution in [0.2, 0.25) is 15.1 Å². The van der Waals surface area contributed by atoms with Crippen molar-refractivity contribution < 1.29 is 18.0 Å². The number of sulfonamides is 1. The molecule has 2 amide bonds. The van der Waals surface area contributed by atoms with Crippen molar-refractivity contribution in [1.29, 1.82) is 0 Å². The summed E-state index contributed by atoms with van der Waals surface area (Å²) in [7, 11) is -2.79. The molecule has 0 spiro atoms. The molecule has 3 aromatic carbocycles. The number of likely N-dealkylation sites (N-methyl/N-ethyl adjacent to an activating group) is 1. The Kier molecular flexibility index (Phi) is 10.1. The van der Waals surface area contributed by atoms with Gasteiger partial charge in [-0.25, -0.2) is 8.42 Å². The number of amides is 2. The molecule has 0 saturated heterocycles. The highest BCUT2D eigenvalue weighted by Gasteiger charge is 2.34. The topological polar surface area (TPSA) is 86.8 Å². The Bertz CT molecular complexity index is 1420. The van der Waals surface area contributed by atoms with Crippen molar-refractivity contribution in [2.24, 2.45) is 0 Å². The van der Waals surface area contributed by atoms with Gasteiger partial charge in [-0.3, -0.25) is 13.9 Å². The first-order chi connectivity index (χ1) is 18.0. The van der Waals surface area contributed by atoms with Crippen LogP contribution < -0.4 is 9.62 Å². The molecule has 1 N–H and O–H groups in total. The highest BCUT2D eigenvalue weighted by molar-refractivity contribution is 7.92. The molecule has 0 aliphatic carbocycles. The molecule has 0 aromatic heterocycles. The molecule has 3 aromatic rings. The number of aryl methyl sites for hydroxylation is 1. The van der Waals surface area contributed by atoms with E-state index >= 15 is 0 Å². The number of anilines is 1. The average molecular weight is 597 g/mol. The molecule has 7 nitrogen and oxygen atoms in total. The first-order valence-corrected chi connectivity index (χ1v) is 14.4. The molecule has 0 aliphatic heterocycles. The van der Waals surface area contributed by atoms with Crippen molar-refractivity contribution in [1.82, 2.24) is 10.2 Å². The van der Waals surface area contributed by atoms with Crippen LogP contribution in [-0.4, -0.2) is 44.8 Å². The van der Waals surface area contributed by atoms with Crippen LogP contribution in [0.1, 0.15) is 24.5 Å². The van der Waals surface area contributed by atoms with Gasteiger partial charge >= 0.3 is 0 Å². The van der Waals surface area contributed by atoms with Crippen LogP contribution in [0.15, 0.2) is 71.6 Å². The summed E-state index contributed by atoms with van der Waals surface area (Å²) in [4.78, 5) is 28.0. The van der Waals surface area contributed by atoms with Crippen LogP contribution in [0, 0.1) is 6.92 Å². The van der Waals surface area contributed by atoms with Gasteiger partial charge in [-0.05, 0) is 49.2 Å². The van der Waals surface area contributed by atoms with Crippen molar-refractivity contribution in [3.8, 4) is 0 Å². The Labute approximate surface area is 238 Å². The summed E-state index contributed by atoms with van der Waals surface area (Å²) >= 11 is 19.0. The second kappa shape index (κ2) is 12.8. The predicted molar refractivity (Wildman–Crippen MR) is 152 cm³/mol. The van der Waals surface area contributed by atoms with Crippen LogP contribution in [-0.2, 0) is 26.2 Å². The Morgan fingerprint density at radius 2 is 1.55 bits per heavy atom. The van der Waals surface area contributed by atoms with E-state index in [9.17, 15) is 18.0 Å². The van der Waals surface area contributed by atoms with Crippen molar-refractivity contribution in [2.75, 3.05) is 17.9 Å². The van der Waals surface area contributed by atoms with E-state index in [-0.39, 0.29) is 33.1 Å². The minimum Gasteiger partial charge on any atom is -0.357 e. The average Bonchev–Trinajstić information content (AvgIpc) is 2.89. The zero-order valence-electron chi connectivity index (χ0n) is 21.1. The molecule has 0 heterocycles. The van der Waals surface area contributed by atoms with Gasteiger partial charge in [0.1, 0.15) is 12.6 Å². The van der Waals surface area contributed by atoms with Crippen LogP contribution in [0.3, 0.4) is 0 Å². The van der Waals surface area contributed by atoms with E-state index in [1.807, 2.05) is 6.92 Å². The molecule has 38 heavy (non-hydrogen) atoms. The molecule has 0 bridgehead atoms. The third kappa shape index (κ3) is 6.61. The number of nitrogens with zero attached hydrogens (tertiary/aromatic N) is 2. The Balaban J connectivity index is 2.12. The summed E-state index contributed by atoms with van der Waals surface area (Å²) in [6.45, 7) is 2.96. The zero-order valence-corrected chi connectivity index (χ0v) is 24.2.